The zero-order valence-electron chi connectivity index (χ0n) is 13.5. The van der Waals surface area contributed by atoms with Crippen molar-refractivity contribution in [2.45, 2.75) is 59.8 Å². The number of hydrogen-bond donors (Lipinski definition) is 0. The highest BCUT2D eigenvalue weighted by atomic mass is 15.1. The van der Waals surface area contributed by atoms with Crippen molar-refractivity contribution in [1.29, 1.82) is 0 Å². The minimum atomic E-state index is 0.829. The Morgan fingerprint density at radius 3 is 2.42 bits per heavy atom. The molecule has 0 radical (unpaired) electrons. The van der Waals surface area contributed by atoms with E-state index in [-0.39, 0.29) is 0 Å². The van der Waals surface area contributed by atoms with Gasteiger partial charge >= 0.3 is 0 Å². The zero-order valence-corrected chi connectivity index (χ0v) is 13.5. The van der Waals surface area contributed by atoms with Gasteiger partial charge < -0.3 is 4.90 Å². The molecule has 19 heavy (non-hydrogen) atoms. The van der Waals surface area contributed by atoms with Gasteiger partial charge in [0.2, 0.25) is 0 Å². The van der Waals surface area contributed by atoms with E-state index in [0.717, 1.165) is 12.3 Å². The summed E-state index contributed by atoms with van der Waals surface area (Å²) in [4.78, 5) is 2.44. The van der Waals surface area contributed by atoms with Crippen molar-refractivity contribution < 1.29 is 0 Å². The molecule has 1 unspecified atom stereocenters. The first-order valence-electron chi connectivity index (χ1n) is 7.92. The standard InChI is InChI=1S/C18H31N/c1-6-9-10-17(8-3)14-19(5)18-12-11-16(7-2)13-15(18)4/h11-13,17H,6-10,14H2,1-5H3. The molecule has 0 spiro atoms. The van der Waals surface area contributed by atoms with Crippen LogP contribution in [-0.2, 0) is 6.42 Å². The molecule has 0 amide bonds. The van der Waals surface area contributed by atoms with Crippen molar-refractivity contribution >= 4 is 5.69 Å². The van der Waals surface area contributed by atoms with E-state index in [9.17, 15) is 0 Å². The van der Waals surface area contributed by atoms with E-state index in [1.165, 1.54) is 49.0 Å². The second-order valence-electron chi connectivity index (χ2n) is 5.77. The minimum Gasteiger partial charge on any atom is -0.374 e. The SMILES string of the molecule is CCCCC(CC)CN(C)c1ccc(CC)cc1C. The van der Waals surface area contributed by atoms with Crippen LogP contribution in [0, 0.1) is 12.8 Å². The van der Waals surface area contributed by atoms with Gasteiger partial charge in [0.1, 0.15) is 0 Å². The molecule has 0 heterocycles. The van der Waals surface area contributed by atoms with Crippen molar-refractivity contribution in [1.82, 2.24) is 0 Å². The fourth-order valence-electron chi connectivity index (χ4n) is 2.77. The summed E-state index contributed by atoms with van der Waals surface area (Å²) in [6.45, 7) is 10.2. The maximum atomic E-state index is 2.44. The summed E-state index contributed by atoms with van der Waals surface area (Å²) < 4.78 is 0. The molecule has 0 aliphatic heterocycles. The van der Waals surface area contributed by atoms with Crippen molar-refractivity contribution in [3.8, 4) is 0 Å². The molecular weight excluding hydrogens is 230 g/mol. The lowest BCUT2D eigenvalue weighted by Gasteiger charge is -2.26. The molecule has 1 aromatic carbocycles. The van der Waals surface area contributed by atoms with Crippen molar-refractivity contribution in [2.24, 2.45) is 5.92 Å². The predicted molar refractivity (Wildman–Crippen MR) is 87.1 cm³/mol. The van der Waals surface area contributed by atoms with E-state index < -0.39 is 0 Å². The maximum absolute atomic E-state index is 2.44. The second-order valence-corrected chi connectivity index (χ2v) is 5.77. The third-order valence-corrected chi connectivity index (χ3v) is 4.16. The average molecular weight is 261 g/mol. The molecule has 0 N–H and O–H groups in total. The number of unbranched alkanes of at least 4 members (excludes halogenated alkanes) is 1. The first kappa shape index (κ1) is 16.1. The van der Waals surface area contributed by atoms with E-state index in [4.69, 9.17) is 0 Å². The van der Waals surface area contributed by atoms with Crippen LogP contribution < -0.4 is 4.90 Å². The molecule has 0 bridgehead atoms. The molecule has 1 atom stereocenters. The van der Waals surface area contributed by atoms with Gasteiger partial charge in [0.15, 0.2) is 0 Å². The summed E-state index contributed by atoms with van der Waals surface area (Å²) in [5.41, 5.74) is 4.24. The van der Waals surface area contributed by atoms with Gasteiger partial charge in [-0.05, 0) is 42.9 Å². The molecule has 0 aliphatic carbocycles. The average Bonchev–Trinajstić information content (AvgIpc) is 2.42. The molecule has 0 fully saturated rings. The Morgan fingerprint density at radius 1 is 1.16 bits per heavy atom. The van der Waals surface area contributed by atoms with Gasteiger partial charge in [-0.3, -0.25) is 0 Å². The lowest BCUT2D eigenvalue weighted by molar-refractivity contribution is 0.453. The van der Waals surface area contributed by atoms with Gasteiger partial charge in [-0.15, -0.1) is 0 Å². The van der Waals surface area contributed by atoms with E-state index in [1.54, 1.807) is 0 Å². The lowest BCUT2D eigenvalue weighted by Crippen LogP contribution is -2.25. The first-order chi connectivity index (χ1) is 9.12. The molecule has 108 valence electrons. The predicted octanol–water partition coefficient (Wildman–Crippen LogP) is 5.21. The fourth-order valence-corrected chi connectivity index (χ4v) is 2.77. The van der Waals surface area contributed by atoms with Crippen LogP contribution in [0.5, 0.6) is 0 Å². The molecule has 0 saturated heterocycles. The summed E-state index contributed by atoms with van der Waals surface area (Å²) >= 11 is 0. The largest absolute Gasteiger partial charge is 0.374 e. The minimum absolute atomic E-state index is 0.829. The Kier molecular flexibility index (Phi) is 6.97. The summed E-state index contributed by atoms with van der Waals surface area (Å²) in [5, 5.41) is 0. The van der Waals surface area contributed by atoms with Crippen molar-refractivity contribution in [3.63, 3.8) is 0 Å². The van der Waals surface area contributed by atoms with Crippen LogP contribution in [0.15, 0.2) is 18.2 Å². The summed E-state index contributed by atoms with van der Waals surface area (Å²) in [5.74, 6) is 0.829. The Hall–Kier alpha value is -0.980. The fraction of sp³-hybridized carbons (Fsp3) is 0.667. The smallest absolute Gasteiger partial charge is 0.0393 e. The third kappa shape index (κ3) is 4.89. The number of anilines is 1. The van der Waals surface area contributed by atoms with Gasteiger partial charge in [0, 0.05) is 19.3 Å². The zero-order chi connectivity index (χ0) is 14.3. The molecule has 1 nitrogen and oxygen atoms in total. The van der Waals surface area contributed by atoms with Crippen LogP contribution in [0.3, 0.4) is 0 Å². The van der Waals surface area contributed by atoms with E-state index >= 15 is 0 Å². The quantitative estimate of drug-likeness (QED) is 0.621. The van der Waals surface area contributed by atoms with Crippen LogP contribution in [0.25, 0.3) is 0 Å². The summed E-state index contributed by atoms with van der Waals surface area (Å²) in [6.07, 6.45) is 6.45. The molecule has 1 heteroatoms. The normalized spacial score (nSPS) is 12.5. The van der Waals surface area contributed by atoms with Gasteiger partial charge in [0.05, 0.1) is 0 Å². The van der Waals surface area contributed by atoms with Gasteiger partial charge in [-0.25, -0.2) is 0 Å². The summed E-state index contributed by atoms with van der Waals surface area (Å²) in [6, 6.07) is 6.89. The van der Waals surface area contributed by atoms with Crippen LogP contribution in [0.2, 0.25) is 0 Å². The van der Waals surface area contributed by atoms with E-state index in [2.05, 4.69) is 57.8 Å². The highest BCUT2D eigenvalue weighted by Crippen LogP contribution is 2.23. The van der Waals surface area contributed by atoms with Crippen LogP contribution in [0.4, 0.5) is 5.69 Å². The Labute approximate surface area is 120 Å². The van der Waals surface area contributed by atoms with Crippen LogP contribution in [-0.4, -0.2) is 13.6 Å². The number of hydrogen-bond acceptors (Lipinski definition) is 1. The molecule has 1 aromatic rings. The van der Waals surface area contributed by atoms with Gasteiger partial charge in [0.25, 0.3) is 0 Å². The van der Waals surface area contributed by atoms with Gasteiger partial charge in [-0.1, -0.05) is 52.2 Å². The first-order valence-corrected chi connectivity index (χ1v) is 7.92. The van der Waals surface area contributed by atoms with E-state index in [1.807, 2.05) is 0 Å². The second kappa shape index (κ2) is 8.24. The molecule has 0 saturated carbocycles. The number of aryl methyl sites for hydroxylation is 2. The van der Waals surface area contributed by atoms with Crippen LogP contribution >= 0.6 is 0 Å². The van der Waals surface area contributed by atoms with Crippen molar-refractivity contribution in [3.05, 3.63) is 29.3 Å². The Balaban J connectivity index is 2.68. The summed E-state index contributed by atoms with van der Waals surface area (Å²) in [7, 11) is 2.24. The number of nitrogens with zero attached hydrogens (tertiary/aromatic N) is 1. The van der Waals surface area contributed by atoms with Gasteiger partial charge in [-0.2, -0.15) is 0 Å². The molecular formula is C18H31N. The molecule has 0 aromatic heterocycles. The highest BCUT2D eigenvalue weighted by molar-refractivity contribution is 5.53. The maximum Gasteiger partial charge on any atom is 0.0393 e. The molecule has 1 rings (SSSR count). The highest BCUT2D eigenvalue weighted by Gasteiger charge is 2.11. The monoisotopic (exact) mass is 261 g/mol. The third-order valence-electron chi connectivity index (χ3n) is 4.16. The van der Waals surface area contributed by atoms with Crippen LogP contribution in [0.1, 0.15) is 57.6 Å². The number of rotatable bonds is 8. The number of benzene rings is 1. The Bertz CT molecular complexity index is 370. The van der Waals surface area contributed by atoms with Crippen molar-refractivity contribution in [2.75, 3.05) is 18.5 Å². The van der Waals surface area contributed by atoms with E-state index in [0.29, 0.717) is 0 Å². The lowest BCUT2D eigenvalue weighted by atomic mass is 9.98. The Morgan fingerprint density at radius 2 is 1.89 bits per heavy atom. The molecule has 0 aliphatic rings. The topological polar surface area (TPSA) is 3.24 Å².